The van der Waals surface area contributed by atoms with Crippen LogP contribution in [0.4, 0.5) is 0 Å². The molecule has 1 aromatic heterocycles. The third-order valence-corrected chi connectivity index (χ3v) is 1.02. The minimum Gasteiger partial charge on any atom is -0.726 e. The number of aryl methyl sites for hydroxylation is 1. The standard InChI is InChI=1S/C6H11N2O.H2O4S/c1-3-9-8-5-4-7(2)6-8;1-5(2,3)4/h4-6H,3H2,1-2H3;(H2,1,2,3,4)/q+1;/p-1. The Morgan fingerprint density at radius 2 is 2.14 bits per heavy atom. The highest BCUT2D eigenvalue weighted by Crippen LogP contribution is 1.72. The van der Waals surface area contributed by atoms with Crippen LogP contribution in [0.2, 0.25) is 0 Å². The lowest BCUT2D eigenvalue weighted by Gasteiger charge is -1.90. The fourth-order valence-corrected chi connectivity index (χ4v) is 0.653. The molecule has 1 rings (SSSR count). The van der Waals surface area contributed by atoms with Crippen LogP contribution < -0.4 is 9.57 Å². The van der Waals surface area contributed by atoms with E-state index in [4.69, 9.17) is 22.4 Å². The Bertz CT molecular complexity index is 350. The molecule has 0 fully saturated rings. The summed E-state index contributed by atoms with van der Waals surface area (Å²) in [7, 11) is -2.96. The molecule has 0 aliphatic rings. The van der Waals surface area contributed by atoms with Gasteiger partial charge in [0.05, 0.1) is 7.05 Å². The number of nitrogens with zero attached hydrogens (tertiary/aromatic N) is 2. The first-order valence-corrected chi connectivity index (χ1v) is 5.04. The zero-order valence-corrected chi connectivity index (χ0v) is 8.64. The summed E-state index contributed by atoms with van der Waals surface area (Å²) in [6.45, 7) is 2.66. The second-order valence-electron chi connectivity index (χ2n) is 2.28. The summed E-state index contributed by atoms with van der Waals surface area (Å²) in [5, 5.41) is 0. The van der Waals surface area contributed by atoms with E-state index in [2.05, 4.69) is 0 Å². The predicted molar refractivity (Wildman–Crippen MR) is 45.1 cm³/mol. The van der Waals surface area contributed by atoms with Crippen molar-refractivity contribution in [1.29, 1.82) is 0 Å². The van der Waals surface area contributed by atoms with E-state index in [9.17, 15) is 0 Å². The average molecular weight is 224 g/mol. The Balaban J connectivity index is 0.000000292. The largest absolute Gasteiger partial charge is 0.726 e. The van der Waals surface area contributed by atoms with Gasteiger partial charge in [0.1, 0.15) is 12.8 Å². The van der Waals surface area contributed by atoms with Crippen LogP contribution in [0, 0.1) is 0 Å². The smallest absolute Gasteiger partial charge is 0.284 e. The summed E-state index contributed by atoms with van der Waals surface area (Å²) >= 11 is 0. The maximum atomic E-state index is 8.63. The molecule has 0 aromatic carbocycles. The van der Waals surface area contributed by atoms with Crippen molar-refractivity contribution < 1.29 is 27.1 Å². The summed E-state index contributed by atoms with van der Waals surface area (Å²) in [6.07, 6.45) is 5.66. The van der Waals surface area contributed by atoms with Gasteiger partial charge in [-0.05, 0) is 6.92 Å². The lowest BCUT2D eigenvalue weighted by Crippen LogP contribution is -2.40. The highest BCUT2D eigenvalue weighted by molar-refractivity contribution is 7.79. The number of hydrogen-bond acceptors (Lipinski definition) is 4. The van der Waals surface area contributed by atoms with Crippen molar-refractivity contribution in [2.75, 3.05) is 6.61 Å². The lowest BCUT2D eigenvalue weighted by molar-refractivity contribution is -0.890. The van der Waals surface area contributed by atoms with Gasteiger partial charge in [0.25, 0.3) is 6.33 Å². The van der Waals surface area contributed by atoms with Crippen molar-refractivity contribution in [2.45, 2.75) is 6.92 Å². The van der Waals surface area contributed by atoms with Gasteiger partial charge >= 0.3 is 0 Å². The first kappa shape index (κ1) is 12.9. The zero-order chi connectivity index (χ0) is 11.2. The molecule has 82 valence electrons. The van der Waals surface area contributed by atoms with Crippen molar-refractivity contribution >= 4 is 10.4 Å². The first-order valence-electron chi connectivity index (χ1n) is 3.67. The highest BCUT2D eigenvalue weighted by Gasteiger charge is 1.96. The second-order valence-corrected chi connectivity index (χ2v) is 3.14. The molecule has 1 N–H and O–H groups in total. The molecular formula is C6H12N2O5S. The summed E-state index contributed by atoms with van der Waals surface area (Å²) in [5.74, 6) is 0. The summed E-state index contributed by atoms with van der Waals surface area (Å²) in [4.78, 5) is 5.12. The molecule has 0 bridgehead atoms. The minimum absolute atomic E-state index is 0.703. The Kier molecular flexibility index (Phi) is 5.13. The van der Waals surface area contributed by atoms with Crippen molar-refractivity contribution in [3.63, 3.8) is 0 Å². The number of hydrogen-bond donors (Lipinski definition) is 1. The Morgan fingerprint density at radius 3 is 2.43 bits per heavy atom. The van der Waals surface area contributed by atoms with Gasteiger partial charge in [-0.1, -0.05) is 4.73 Å². The van der Waals surface area contributed by atoms with E-state index in [1.165, 1.54) is 0 Å². The van der Waals surface area contributed by atoms with Gasteiger partial charge in [-0.25, -0.2) is 13.0 Å². The van der Waals surface area contributed by atoms with Gasteiger partial charge in [-0.2, -0.15) is 0 Å². The quantitative estimate of drug-likeness (QED) is 0.385. The SMILES string of the molecule is CCO[n+]1ccn(C)c1.O=S(=O)([O-])O. The fourth-order valence-electron chi connectivity index (χ4n) is 0.653. The molecule has 1 heterocycles. The normalized spacial score (nSPS) is 10.3. The number of aromatic nitrogens is 2. The molecule has 0 aliphatic heterocycles. The van der Waals surface area contributed by atoms with E-state index in [1.54, 1.807) is 4.73 Å². The summed E-state index contributed by atoms with van der Waals surface area (Å²) in [6, 6.07) is 0. The van der Waals surface area contributed by atoms with Gasteiger partial charge in [-0.3, -0.25) is 4.55 Å². The zero-order valence-electron chi connectivity index (χ0n) is 7.82. The molecule has 0 amide bonds. The Morgan fingerprint density at radius 1 is 1.64 bits per heavy atom. The second kappa shape index (κ2) is 5.58. The van der Waals surface area contributed by atoms with E-state index in [1.807, 2.05) is 37.3 Å². The molecule has 7 nitrogen and oxygen atoms in total. The van der Waals surface area contributed by atoms with Crippen LogP contribution >= 0.6 is 0 Å². The predicted octanol–water partition coefficient (Wildman–Crippen LogP) is -1.23. The van der Waals surface area contributed by atoms with E-state index < -0.39 is 10.4 Å². The van der Waals surface area contributed by atoms with Gasteiger partial charge < -0.3 is 9.39 Å². The van der Waals surface area contributed by atoms with E-state index in [0.717, 1.165) is 0 Å². The topological polar surface area (TPSA) is 95.5 Å². The molecule has 0 saturated heterocycles. The molecule has 1 aromatic rings. The number of rotatable bonds is 2. The van der Waals surface area contributed by atoms with Crippen LogP contribution in [-0.2, 0) is 17.4 Å². The lowest BCUT2D eigenvalue weighted by atomic mass is 10.9. The molecule has 0 unspecified atom stereocenters. The molecule has 0 radical (unpaired) electrons. The maximum Gasteiger partial charge on any atom is 0.284 e. The molecule has 0 atom stereocenters. The van der Waals surface area contributed by atoms with Crippen molar-refractivity contribution in [2.24, 2.45) is 7.05 Å². The van der Waals surface area contributed by atoms with Crippen LogP contribution in [0.15, 0.2) is 18.7 Å². The minimum atomic E-state index is -4.92. The highest BCUT2D eigenvalue weighted by atomic mass is 32.3. The summed E-state index contributed by atoms with van der Waals surface area (Å²) < 4.78 is 36.4. The van der Waals surface area contributed by atoms with Gasteiger partial charge in [0, 0.05) is 0 Å². The van der Waals surface area contributed by atoms with Crippen LogP contribution in [-0.4, -0.2) is 28.7 Å². The van der Waals surface area contributed by atoms with Crippen LogP contribution in [0.1, 0.15) is 6.92 Å². The molecule has 0 spiro atoms. The first-order chi connectivity index (χ1) is 6.33. The van der Waals surface area contributed by atoms with E-state index >= 15 is 0 Å². The Hall–Kier alpha value is -1.12. The van der Waals surface area contributed by atoms with Gasteiger partial charge in [0.15, 0.2) is 6.20 Å². The van der Waals surface area contributed by atoms with Crippen LogP contribution in [0.5, 0.6) is 0 Å². The average Bonchev–Trinajstić information content (AvgIpc) is 2.32. The Labute approximate surface area is 82.1 Å². The van der Waals surface area contributed by atoms with Crippen molar-refractivity contribution in [3.05, 3.63) is 18.7 Å². The molecule has 0 aliphatic carbocycles. The number of imidazole rings is 1. The van der Waals surface area contributed by atoms with E-state index in [0.29, 0.717) is 6.61 Å². The van der Waals surface area contributed by atoms with E-state index in [-0.39, 0.29) is 0 Å². The molecule has 0 saturated carbocycles. The molecule has 8 heteroatoms. The summed E-state index contributed by atoms with van der Waals surface area (Å²) in [5.41, 5.74) is 0. The molecular weight excluding hydrogens is 212 g/mol. The van der Waals surface area contributed by atoms with Crippen LogP contribution in [0.3, 0.4) is 0 Å². The maximum absolute atomic E-state index is 8.63. The third kappa shape index (κ3) is 8.97. The van der Waals surface area contributed by atoms with Gasteiger partial charge in [0.2, 0.25) is 10.4 Å². The fraction of sp³-hybridized carbons (Fsp3) is 0.500. The van der Waals surface area contributed by atoms with Crippen LogP contribution in [0.25, 0.3) is 0 Å². The molecule has 14 heavy (non-hydrogen) atoms. The van der Waals surface area contributed by atoms with Gasteiger partial charge in [-0.15, -0.1) is 0 Å². The van der Waals surface area contributed by atoms with Crippen molar-refractivity contribution in [1.82, 2.24) is 4.57 Å². The third-order valence-electron chi connectivity index (χ3n) is 1.02. The monoisotopic (exact) mass is 224 g/mol. The van der Waals surface area contributed by atoms with Crippen molar-refractivity contribution in [3.8, 4) is 0 Å².